The lowest BCUT2D eigenvalue weighted by Crippen LogP contribution is -2.56. The summed E-state index contributed by atoms with van der Waals surface area (Å²) in [4.78, 5) is 16.6. The minimum atomic E-state index is -0.0129. The van der Waals surface area contributed by atoms with Crippen molar-refractivity contribution in [2.75, 3.05) is 45.1 Å². The number of nitrogens with zero attached hydrogens (tertiary/aromatic N) is 2. The van der Waals surface area contributed by atoms with Gasteiger partial charge in [0.15, 0.2) is 0 Å². The number of piperazine rings is 1. The van der Waals surface area contributed by atoms with E-state index >= 15 is 0 Å². The monoisotopic (exact) mass is 418 g/mol. The number of anilines is 1. The molecule has 1 heterocycles. The number of likely N-dealkylation sites (N-methyl/N-ethyl adjacent to an activating group) is 1. The van der Waals surface area contributed by atoms with Gasteiger partial charge in [-0.15, -0.1) is 0 Å². The van der Waals surface area contributed by atoms with Gasteiger partial charge in [0.25, 0.3) is 0 Å². The Morgan fingerprint density at radius 1 is 1.43 bits per heavy atom. The van der Waals surface area contributed by atoms with Crippen LogP contribution in [0.3, 0.4) is 0 Å². The van der Waals surface area contributed by atoms with Crippen molar-refractivity contribution >= 4 is 43.5 Å². The van der Waals surface area contributed by atoms with Gasteiger partial charge >= 0.3 is 0 Å². The van der Waals surface area contributed by atoms with Crippen molar-refractivity contribution in [1.29, 1.82) is 0 Å². The number of rotatable bonds is 4. The third kappa shape index (κ3) is 4.75. The summed E-state index contributed by atoms with van der Waals surface area (Å²) >= 11 is 6.84. The van der Waals surface area contributed by atoms with E-state index in [1.807, 2.05) is 18.2 Å². The van der Waals surface area contributed by atoms with Crippen LogP contribution < -0.4 is 11.1 Å². The number of benzene rings is 1. The number of carbonyl (C=O) groups excluding carboxylic acids is 1. The Kier molecular flexibility index (Phi) is 6.19. The minimum Gasteiger partial charge on any atom is -0.329 e. The van der Waals surface area contributed by atoms with Crippen molar-refractivity contribution in [2.45, 2.75) is 6.04 Å². The van der Waals surface area contributed by atoms with Gasteiger partial charge in [0, 0.05) is 41.2 Å². The summed E-state index contributed by atoms with van der Waals surface area (Å²) in [5.74, 6) is -0.0129. The van der Waals surface area contributed by atoms with E-state index < -0.39 is 0 Å². The standard InChI is InChI=1S/C14H20Br2N4O/c1-19-4-5-20(11(7-17)8-19)9-14(21)18-13-3-2-10(15)6-12(13)16/h2-3,6,11H,4-5,7-9,17H2,1H3,(H,18,21). The van der Waals surface area contributed by atoms with Crippen molar-refractivity contribution < 1.29 is 4.79 Å². The van der Waals surface area contributed by atoms with E-state index in [1.165, 1.54) is 0 Å². The van der Waals surface area contributed by atoms with Crippen LogP contribution in [0.4, 0.5) is 5.69 Å². The van der Waals surface area contributed by atoms with Crippen LogP contribution in [0.2, 0.25) is 0 Å². The van der Waals surface area contributed by atoms with Gasteiger partial charge < -0.3 is 16.0 Å². The molecule has 0 bridgehead atoms. The smallest absolute Gasteiger partial charge is 0.238 e. The van der Waals surface area contributed by atoms with Crippen molar-refractivity contribution in [3.63, 3.8) is 0 Å². The molecule has 21 heavy (non-hydrogen) atoms. The van der Waals surface area contributed by atoms with Crippen LogP contribution in [0.25, 0.3) is 0 Å². The first-order valence-corrected chi connectivity index (χ1v) is 8.45. The van der Waals surface area contributed by atoms with Crippen LogP contribution in [0.15, 0.2) is 27.1 Å². The molecule has 1 amide bonds. The molecule has 0 aliphatic carbocycles. The highest BCUT2D eigenvalue weighted by molar-refractivity contribution is 9.11. The zero-order valence-electron chi connectivity index (χ0n) is 12.0. The number of nitrogens with two attached hydrogens (primary N) is 1. The molecular formula is C14H20Br2N4O. The Labute approximate surface area is 142 Å². The van der Waals surface area contributed by atoms with Crippen LogP contribution in [0.1, 0.15) is 0 Å². The molecule has 2 rings (SSSR count). The van der Waals surface area contributed by atoms with E-state index in [-0.39, 0.29) is 11.9 Å². The fourth-order valence-corrected chi connectivity index (χ4v) is 3.59. The van der Waals surface area contributed by atoms with Gasteiger partial charge in [-0.2, -0.15) is 0 Å². The average molecular weight is 420 g/mol. The largest absolute Gasteiger partial charge is 0.329 e. The maximum absolute atomic E-state index is 12.2. The number of hydrogen-bond acceptors (Lipinski definition) is 4. The molecular weight excluding hydrogens is 400 g/mol. The first-order chi connectivity index (χ1) is 9.99. The van der Waals surface area contributed by atoms with E-state index in [1.54, 1.807) is 0 Å². The second-order valence-corrected chi connectivity index (χ2v) is 7.06. The summed E-state index contributed by atoms with van der Waals surface area (Å²) in [5, 5.41) is 2.94. The summed E-state index contributed by atoms with van der Waals surface area (Å²) in [5.41, 5.74) is 6.59. The maximum atomic E-state index is 12.2. The van der Waals surface area contributed by atoms with Crippen molar-refractivity contribution in [2.24, 2.45) is 5.73 Å². The quantitative estimate of drug-likeness (QED) is 0.780. The molecule has 1 aliphatic heterocycles. The Balaban J connectivity index is 1.94. The van der Waals surface area contributed by atoms with Gasteiger partial charge in [0.05, 0.1) is 12.2 Å². The van der Waals surface area contributed by atoms with Crippen LogP contribution in [-0.2, 0) is 4.79 Å². The van der Waals surface area contributed by atoms with E-state index in [4.69, 9.17) is 5.73 Å². The lowest BCUT2D eigenvalue weighted by molar-refractivity contribution is -0.118. The summed E-state index contributed by atoms with van der Waals surface area (Å²) in [6, 6.07) is 5.92. The number of halogens is 2. The lowest BCUT2D eigenvalue weighted by Gasteiger charge is -2.39. The molecule has 0 saturated carbocycles. The molecule has 7 heteroatoms. The predicted molar refractivity (Wildman–Crippen MR) is 92.4 cm³/mol. The van der Waals surface area contributed by atoms with Gasteiger partial charge in [-0.3, -0.25) is 9.69 Å². The number of hydrogen-bond donors (Lipinski definition) is 2. The molecule has 1 unspecified atom stereocenters. The molecule has 116 valence electrons. The molecule has 1 aromatic rings. The average Bonchev–Trinajstić information content (AvgIpc) is 2.44. The topological polar surface area (TPSA) is 61.6 Å². The highest BCUT2D eigenvalue weighted by atomic mass is 79.9. The Morgan fingerprint density at radius 2 is 2.19 bits per heavy atom. The maximum Gasteiger partial charge on any atom is 0.238 e. The van der Waals surface area contributed by atoms with Crippen molar-refractivity contribution in [3.8, 4) is 0 Å². The third-order valence-corrected chi connectivity index (χ3v) is 4.78. The van der Waals surface area contributed by atoms with Crippen LogP contribution in [0.5, 0.6) is 0 Å². The normalized spacial score (nSPS) is 20.5. The predicted octanol–water partition coefficient (Wildman–Crippen LogP) is 1.72. The van der Waals surface area contributed by atoms with E-state index in [2.05, 4.69) is 54.0 Å². The third-order valence-electron chi connectivity index (χ3n) is 3.63. The Hall–Kier alpha value is -0.470. The minimum absolute atomic E-state index is 0.0129. The molecule has 1 aromatic carbocycles. The molecule has 0 spiro atoms. The van der Waals surface area contributed by atoms with Gasteiger partial charge in [0.1, 0.15) is 0 Å². The van der Waals surface area contributed by atoms with Gasteiger partial charge in [-0.05, 0) is 41.2 Å². The molecule has 0 aromatic heterocycles. The van der Waals surface area contributed by atoms with E-state index in [9.17, 15) is 4.79 Å². The Bertz CT molecular complexity index is 512. The summed E-state index contributed by atoms with van der Waals surface area (Å²) < 4.78 is 1.83. The van der Waals surface area contributed by atoms with Crippen LogP contribution in [-0.4, -0.2) is 61.5 Å². The first-order valence-electron chi connectivity index (χ1n) is 6.87. The lowest BCUT2D eigenvalue weighted by atomic mass is 10.1. The highest BCUT2D eigenvalue weighted by Gasteiger charge is 2.25. The fourth-order valence-electron chi connectivity index (χ4n) is 2.45. The van der Waals surface area contributed by atoms with Gasteiger partial charge in [-0.25, -0.2) is 0 Å². The molecule has 3 N–H and O–H groups in total. The summed E-state index contributed by atoms with van der Waals surface area (Å²) in [6.07, 6.45) is 0. The molecule has 1 atom stereocenters. The highest BCUT2D eigenvalue weighted by Crippen LogP contribution is 2.26. The second kappa shape index (κ2) is 7.69. The SMILES string of the molecule is CN1CCN(CC(=O)Nc2ccc(Br)cc2Br)C(CN)C1. The molecule has 1 aliphatic rings. The summed E-state index contributed by atoms with van der Waals surface area (Å²) in [7, 11) is 2.08. The van der Waals surface area contributed by atoms with Crippen LogP contribution >= 0.6 is 31.9 Å². The second-order valence-electron chi connectivity index (χ2n) is 5.29. The molecule has 1 saturated heterocycles. The zero-order chi connectivity index (χ0) is 15.4. The molecule has 5 nitrogen and oxygen atoms in total. The summed E-state index contributed by atoms with van der Waals surface area (Å²) in [6.45, 7) is 3.68. The first kappa shape index (κ1) is 16.9. The van der Waals surface area contributed by atoms with E-state index in [0.29, 0.717) is 13.1 Å². The number of carbonyl (C=O) groups is 1. The van der Waals surface area contributed by atoms with Crippen molar-refractivity contribution in [3.05, 3.63) is 27.1 Å². The van der Waals surface area contributed by atoms with Crippen molar-refractivity contribution in [1.82, 2.24) is 9.80 Å². The van der Waals surface area contributed by atoms with Crippen LogP contribution in [0, 0.1) is 0 Å². The van der Waals surface area contributed by atoms with Gasteiger partial charge in [0.2, 0.25) is 5.91 Å². The number of amides is 1. The number of nitrogens with one attached hydrogen (secondary N) is 1. The van der Waals surface area contributed by atoms with Gasteiger partial charge in [-0.1, -0.05) is 15.9 Å². The fraction of sp³-hybridized carbons (Fsp3) is 0.500. The molecule has 0 radical (unpaired) electrons. The van der Waals surface area contributed by atoms with E-state index in [0.717, 1.165) is 34.3 Å². The Morgan fingerprint density at radius 3 is 2.86 bits per heavy atom. The molecule has 1 fully saturated rings. The zero-order valence-corrected chi connectivity index (χ0v) is 15.2.